The first-order valence-electron chi connectivity index (χ1n) is 8.34. The first kappa shape index (κ1) is 20.4. The second-order valence-electron chi connectivity index (χ2n) is 6.84. The molecule has 1 aromatic heterocycles. The average molecular weight is 378 g/mol. The number of fused-ring (bicyclic) bond motifs is 1. The molecule has 1 heterocycles. The fraction of sp³-hybridized carbons (Fsp3) is 0.421. The van der Waals surface area contributed by atoms with Crippen molar-refractivity contribution >= 4 is 23.0 Å². The van der Waals surface area contributed by atoms with Gasteiger partial charge in [0.25, 0.3) is 0 Å². The minimum absolute atomic E-state index is 0.0225. The van der Waals surface area contributed by atoms with Gasteiger partial charge in [0.1, 0.15) is 17.3 Å². The summed E-state index contributed by atoms with van der Waals surface area (Å²) in [6.07, 6.45) is -0.720. The second-order valence-corrected chi connectivity index (χ2v) is 6.84. The molecule has 0 radical (unpaired) electrons. The number of halogens is 1. The van der Waals surface area contributed by atoms with Crippen LogP contribution in [0.5, 0.6) is 5.88 Å². The van der Waals surface area contributed by atoms with Crippen molar-refractivity contribution in [3.63, 3.8) is 0 Å². The first-order chi connectivity index (χ1) is 12.7. The molecule has 0 saturated heterocycles. The van der Waals surface area contributed by atoms with Crippen LogP contribution >= 0.6 is 0 Å². The number of alkyl carbamates (subject to hydrolysis) is 1. The number of nitrogens with one attached hydrogen (secondary N) is 1. The third-order valence-corrected chi connectivity index (χ3v) is 3.72. The molecule has 27 heavy (non-hydrogen) atoms. The van der Waals surface area contributed by atoms with Crippen LogP contribution in [-0.2, 0) is 14.3 Å². The lowest BCUT2D eigenvalue weighted by atomic mass is 9.95. The van der Waals surface area contributed by atoms with Gasteiger partial charge in [0.05, 0.1) is 19.7 Å². The van der Waals surface area contributed by atoms with Crippen LogP contribution in [0.4, 0.5) is 9.18 Å². The van der Waals surface area contributed by atoms with E-state index in [1.54, 1.807) is 39.0 Å². The smallest absolute Gasteiger partial charge is 0.407 e. The van der Waals surface area contributed by atoms with E-state index < -0.39 is 29.4 Å². The summed E-state index contributed by atoms with van der Waals surface area (Å²) in [4.78, 5) is 28.5. The zero-order valence-electron chi connectivity index (χ0n) is 16.0. The Kier molecular flexibility index (Phi) is 6.20. The van der Waals surface area contributed by atoms with Crippen molar-refractivity contribution in [3.05, 3.63) is 35.6 Å². The highest BCUT2D eigenvalue weighted by atomic mass is 19.1. The highest BCUT2D eigenvalue weighted by Gasteiger charge is 2.29. The maximum atomic E-state index is 14.7. The van der Waals surface area contributed by atoms with Gasteiger partial charge in [0, 0.05) is 23.6 Å². The van der Waals surface area contributed by atoms with Gasteiger partial charge in [-0.2, -0.15) is 0 Å². The van der Waals surface area contributed by atoms with Crippen LogP contribution in [0.1, 0.15) is 32.3 Å². The summed E-state index contributed by atoms with van der Waals surface area (Å²) in [7, 11) is 2.63. The molecular weight excluding hydrogens is 355 g/mol. The van der Waals surface area contributed by atoms with E-state index in [9.17, 15) is 14.0 Å². The van der Waals surface area contributed by atoms with Gasteiger partial charge in [-0.25, -0.2) is 14.2 Å². The molecular formula is C19H23FN2O5. The first-order valence-corrected chi connectivity index (χ1v) is 8.34. The zero-order chi connectivity index (χ0) is 20.2. The van der Waals surface area contributed by atoms with E-state index in [1.165, 1.54) is 20.3 Å². The van der Waals surface area contributed by atoms with Crippen molar-refractivity contribution in [1.82, 2.24) is 10.3 Å². The predicted octanol–water partition coefficient (Wildman–Crippen LogP) is 3.16. The van der Waals surface area contributed by atoms with Crippen LogP contribution in [0, 0.1) is 5.82 Å². The van der Waals surface area contributed by atoms with Crippen molar-refractivity contribution in [2.75, 3.05) is 20.8 Å². The lowest BCUT2D eigenvalue weighted by Crippen LogP contribution is -2.37. The highest BCUT2D eigenvalue weighted by Crippen LogP contribution is 2.29. The third-order valence-electron chi connectivity index (χ3n) is 3.72. The number of carbonyl (C=O) groups is 2. The molecule has 1 unspecified atom stereocenters. The SMILES string of the molecule is COC(=O)C(CNC(=O)OC(C)(C)C)c1c(F)ccc2ccc(OC)nc12. The normalized spacial score (nSPS) is 12.4. The molecule has 146 valence electrons. The number of benzene rings is 1. The van der Waals surface area contributed by atoms with Crippen LogP contribution in [0.25, 0.3) is 10.9 Å². The van der Waals surface area contributed by atoms with Gasteiger partial charge in [-0.1, -0.05) is 0 Å². The number of pyridine rings is 1. The Morgan fingerprint density at radius 2 is 1.85 bits per heavy atom. The molecule has 0 spiro atoms. The zero-order valence-corrected chi connectivity index (χ0v) is 16.0. The van der Waals surface area contributed by atoms with E-state index in [-0.39, 0.29) is 23.5 Å². The summed E-state index contributed by atoms with van der Waals surface area (Å²) < 4.78 is 29.7. The number of nitrogens with zero attached hydrogens (tertiary/aromatic N) is 1. The number of ether oxygens (including phenoxy) is 3. The Morgan fingerprint density at radius 1 is 1.19 bits per heavy atom. The molecule has 1 atom stereocenters. The molecule has 0 aliphatic heterocycles. The molecule has 0 bridgehead atoms. The minimum Gasteiger partial charge on any atom is -0.481 e. The Bertz CT molecular complexity index is 848. The Balaban J connectivity index is 2.43. The number of amides is 1. The molecule has 0 fully saturated rings. The van der Waals surface area contributed by atoms with Crippen LogP contribution in [0.3, 0.4) is 0 Å². The molecule has 1 N–H and O–H groups in total. The molecule has 2 aromatic rings. The molecule has 8 heteroatoms. The standard InChI is InChI=1S/C19H23FN2O5/c1-19(2,3)27-18(24)21-10-12(17(23)26-5)15-13(20)8-6-11-7-9-14(25-4)22-16(11)15/h6-9,12H,10H2,1-5H3,(H,21,24). The van der Waals surface area contributed by atoms with Crippen molar-refractivity contribution in [2.45, 2.75) is 32.3 Å². The Morgan fingerprint density at radius 3 is 2.44 bits per heavy atom. The van der Waals surface area contributed by atoms with Gasteiger partial charge in [-0.15, -0.1) is 0 Å². The Labute approximate surface area is 156 Å². The number of hydrogen-bond donors (Lipinski definition) is 1. The van der Waals surface area contributed by atoms with Gasteiger partial charge in [0.15, 0.2) is 0 Å². The van der Waals surface area contributed by atoms with E-state index >= 15 is 0 Å². The lowest BCUT2D eigenvalue weighted by molar-refractivity contribution is -0.142. The number of methoxy groups -OCH3 is 2. The van der Waals surface area contributed by atoms with Gasteiger partial charge in [0.2, 0.25) is 5.88 Å². The summed E-state index contributed by atoms with van der Waals surface area (Å²) >= 11 is 0. The van der Waals surface area contributed by atoms with E-state index in [2.05, 4.69) is 10.3 Å². The second kappa shape index (κ2) is 8.20. The van der Waals surface area contributed by atoms with Crippen LogP contribution < -0.4 is 10.1 Å². The molecule has 1 aromatic carbocycles. The van der Waals surface area contributed by atoms with E-state index in [0.29, 0.717) is 5.39 Å². The summed E-state index contributed by atoms with van der Waals surface area (Å²) in [5.41, 5.74) is -0.421. The van der Waals surface area contributed by atoms with Gasteiger partial charge < -0.3 is 19.5 Å². The summed E-state index contributed by atoms with van der Waals surface area (Å²) in [6.45, 7) is 4.93. The summed E-state index contributed by atoms with van der Waals surface area (Å²) in [6, 6.07) is 6.14. The van der Waals surface area contributed by atoms with Crippen LogP contribution in [0.2, 0.25) is 0 Å². The number of esters is 1. The maximum Gasteiger partial charge on any atom is 0.407 e. The van der Waals surface area contributed by atoms with E-state index in [1.807, 2.05) is 0 Å². The van der Waals surface area contributed by atoms with E-state index in [4.69, 9.17) is 14.2 Å². The fourth-order valence-electron chi connectivity index (χ4n) is 2.56. The summed E-state index contributed by atoms with van der Waals surface area (Å²) in [5.74, 6) is -2.17. The molecule has 1 amide bonds. The van der Waals surface area contributed by atoms with Crippen molar-refractivity contribution in [1.29, 1.82) is 0 Å². The highest BCUT2D eigenvalue weighted by molar-refractivity contribution is 5.89. The van der Waals surface area contributed by atoms with Gasteiger partial charge in [-0.3, -0.25) is 4.79 Å². The maximum absolute atomic E-state index is 14.7. The van der Waals surface area contributed by atoms with Gasteiger partial charge in [-0.05, 0) is 39.0 Å². The van der Waals surface area contributed by atoms with Gasteiger partial charge >= 0.3 is 12.1 Å². The fourth-order valence-corrected chi connectivity index (χ4v) is 2.56. The van der Waals surface area contributed by atoms with Crippen molar-refractivity contribution in [3.8, 4) is 5.88 Å². The minimum atomic E-state index is -1.11. The summed E-state index contributed by atoms with van der Waals surface area (Å²) in [5, 5.41) is 3.11. The topological polar surface area (TPSA) is 86.8 Å². The molecule has 7 nitrogen and oxygen atoms in total. The predicted molar refractivity (Wildman–Crippen MR) is 97.2 cm³/mol. The van der Waals surface area contributed by atoms with E-state index in [0.717, 1.165) is 0 Å². The van der Waals surface area contributed by atoms with Crippen molar-refractivity contribution < 1.29 is 28.2 Å². The van der Waals surface area contributed by atoms with Crippen LogP contribution in [-0.4, -0.2) is 43.4 Å². The third kappa shape index (κ3) is 5.06. The quantitative estimate of drug-likeness (QED) is 0.805. The van der Waals surface area contributed by atoms with Crippen LogP contribution in [0.15, 0.2) is 24.3 Å². The molecule has 2 rings (SSSR count). The monoisotopic (exact) mass is 378 g/mol. The largest absolute Gasteiger partial charge is 0.481 e. The van der Waals surface area contributed by atoms with Crippen molar-refractivity contribution in [2.24, 2.45) is 0 Å². The lowest BCUT2D eigenvalue weighted by Gasteiger charge is -2.22. The average Bonchev–Trinajstić information content (AvgIpc) is 2.60. The molecule has 0 aliphatic rings. The number of rotatable bonds is 5. The Hall–Kier alpha value is -2.90. The molecule has 0 saturated carbocycles. The number of aromatic nitrogens is 1. The number of hydrogen-bond acceptors (Lipinski definition) is 6. The number of carbonyl (C=O) groups excluding carboxylic acids is 2. The molecule has 0 aliphatic carbocycles.